The van der Waals surface area contributed by atoms with Crippen molar-refractivity contribution in [3.05, 3.63) is 71.4 Å². The molecule has 0 bridgehead atoms. The summed E-state index contributed by atoms with van der Waals surface area (Å²) in [5, 5.41) is 6.94. The van der Waals surface area contributed by atoms with E-state index in [1.165, 1.54) is 23.9 Å². The standard InChI is InChI=1S/C23H24F2N4O2/c1-14(2)29(15(3)30)12-16-5-8-18(9-6-16)26-23(31)20-13-28(4)27-22(20)19-10-7-17(24)11-21(19)25/h5-11,13-14H,12H2,1-4H3,(H,26,31). The number of hydrogen-bond donors (Lipinski definition) is 1. The zero-order valence-corrected chi connectivity index (χ0v) is 17.8. The van der Waals surface area contributed by atoms with Crippen LogP contribution in [0, 0.1) is 11.6 Å². The largest absolute Gasteiger partial charge is 0.336 e. The first kappa shape index (κ1) is 22.1. The van der Waals surface area contributed by atoms with Crippen LogP contribution in [0.2, 0.25) is 0 Å². The van der Waals surface area contributed by atoms with E-state index < -0.39 is 17.5 Å². The molecule has 3 aromatic rings. The van der Waals surface area contributed by atoms with Gasteiger partial charge in [0.05, 0.1) is 5.56 Å². The maximum absolute atomic E-state index is 14.2. The Labute approximate surface area is 179 Å². The molecule has 3 rings (SSSR count). The number of rotatable bonds is 6. The van der Waals surface area contributed by atoms with Gasteiger partial charge in [0.1, 0.15) is 17.3 Å². The fourth-order valence-corrected chi connectivity index (χ4v) is 3.28. The molecule has 1 N–H and O–H groups in total. The molecule has 0 aliphatic carbocycles. The average molecular weight is 426 g/mol. The highest BCUT2D eigenvalue weighted by Crippen LogP contribution is 2.26. The molecule has 0 spiro atoms. The highest BCUT2D eigenvalue weighted by molar-refractivity contribution is 6.08. The van der Waals surface area contributed by atoms with Crippen molar-refractivity contribution in [3.63, 3.8) is 0 Å². The lowest BCUT2D eigenvalue weighted by molar-refractivity contribution is -0.131. The molecule has 0 aliphatic rings. The monoisotopic (exact) mass is 426 g/mol. The van der Waals surface area contributed by atoms with Gasteiger partial charge in [0.2, 0.25) is 5.91 Å². The van der Waals surface area contributed by atoms with E-state index in [-0.39, 0.29) is 28.8 Å². The number of halogens is 2. The maximum Gasteiger partial charge on any atom is 0.259 e. The van der Waals surface area contributed by atoms with E-state index >= 15 is 0 Å². The molecule has 31 heavy (non-hydrogen) atoms. The number of benzene rings is 2. The van der Waals surface area contributed by atoms with Crippen molar-refractivity contribution in [1.29, 1.82) is 0 Å². The molecule has 0 fully saturated rings. The van der Waals surface area contributed by atoms with Crippen molar-refractivity contribution in [2.45, 2.75) is 33.4 Å². The number of aryl methyl sites for hydroxylation is 1. The van der Waals surface area contributed by atoms with Crippen molar-refractivity contribution in [3.8, 4) is 11.3 Å². The maximum atomic E-state index is 14.2. The lowest BCUT2D eigenvalue weighted by Gasteiger charge is -2.25. The fourth-order valence-electron chi connectivity index (χ4n) is 3.28. The van der Waals surface area contributed by atoms with E-state index in [9.17, 15) is 18.4 Å². The number of nitrogens with zero attached hydrogens (tertiary/aromatic N) is 3. The molecule has 0 atom stereocenters. The van der Waals surface area contributed by atoms with Crippen molar-refractivity contribution in [1.82, 2.24) is 14.7 Å². The first-order valence-corrected chi connectivity index (χ1v) is 9.82. The Hall–Kier alpha value is -3.55. The summed E-state index contributed by atoms with van der Waals surface area (Å²) in [7, 11) is 1.62. The quantitative estimate of drug-likeness (QED) is 0.636. The first-order valence-electron chi connectivity index (χ1n) is 9.82. The Morgan fingerprint density at radius 3 is 2.39 bits per heavy atom. The molecule has 0 unspecified atom stereocenters. The second-order valence-corrected chi connectivity index (χ2v) is 7.58. The third-order valence-electron chi connectivity index (χ3n) is 4.85. The van der Waals surface area contributed by atoms with Gasteiger partial charge in [-0.25, -0.2) is 8.78 Å². The van der Waals surface area contributed by atoms with Gasteiger partial charge < -0.3 is 10.2 Å². The third-order valence-corrected chi connectivity index (χ3v) is 4.85. The zero-order valence-electron chi connectivity index (χ0n) is 17.8. The van der Waals surface area contributed by atoms with Gasteiger partial charge in [-0.3, -0.25) is 14.3 Å². The molecule has 0 radical (unpaired) electrons. The van der Waals surface area contributed by atoms with E-state index in [0.717, 1.165) is 17.7 Å². The summed E-state index contributed by atoms with van der Waals surface area (Å²) < 4.78 is 28.9. The Kier molecular flexibility index (Phi) is 6.48. The van der Waals surface area contributed by atoms with Crippen LogP contribution in [0.3, 0.4) is 0 Å². The van der Waals surface area contributed by atoms with Crippen LogP contribution in [0.4, 0.5) is 14.5 Å². The van der Waals surface area contributed by atoms with Crippen molar-refractivity contribution in [2.75, 3.05) is 5.32 Å². The lowest BCUT2D eigenvalue weighted by atomic mass is 10.1. The Morgan fingerprint density at radius 2 is 1.81 bits per heavy atom. The van der Waals surface area contributed by atoms with Gasteiger partial charge in [-0.05, 0) is 43.7 Å². The normalized spacial score (nSPS) is 10.9. The molecule has 1 aromatic heterocycles. The minimum atomic E-state index is -0.794. The van der Waals surface area contributed by atoms with Gasteiger partial charge in [0, 0.05) is 50.1 Å². The summed E-state index contributed by atoms with van der Waals surface area (Å²) in [5.74, 6) is -1.97. The van der Waals surface area contributed by atoms with E-state index in [1.807, 2.05) is 26.0 Å². The SMILES string of the molecule is CC(=O)N(Cc1ccc(NC(=O)c2cn(C)nc2-c2ccc(F)cc2F)cc1)C(C)C. The molecule has 0 aliphatic heterocycles. The molecule has 2 amide bonds. The van der Waals surface area contributed by atoms with E-state index in [0.29, 0.717) is 12.2 Å². The number of anilines is 1. The van der Waals surface area contributed by atoms with Gasteiger partial charge >= 0.3 is 0 Å². The minimum Gasteiger partial charge on any atom is -0.336 e. The smallest absolute Gasteiger partial charge is 0.259 e. The summed E-state index contributed by atoms with van der Waals surface area (Å²) in [6.07, 6.45) is 1.48. The zero-order chi connectivity index (χ0) is 22.7. The minimum absolute atomic E-state index is 0.00971. The summed E-state index contributed by atoms with van der Waals surface area (Å²) in [5.41, 5.74) is 1.81. The average Bonchev–Trinajstić information content (AvgIpc) is 3.08. The van der Waals surface area contributed by atoms with Crippen LogP contribution in [0.5, 0.6) is 0 Å². The summed E-state index contributed by atoms with van der Waals surface area (Å²) in [4.78, 5) is 26.3. The van der Waals surface area contributed by atoms with Crippen LogP contribution >= 0.6 is 0 Å². The van der Waals surface area contributed by atoms with Crippen LogP contribution in [0.25, 0.3) is 11.3 Å². The highest BCUT2D eigenvalue weighted by Gasteiger charge is 2.20. The number of carbonyl (C=O) groups excluding carboxylic acids is 2. The molecule has 0 saturated heterocycles. The van der Waals surface area contributed by atoms with Crippen LogP contribution in [-0.2, 0) is 18.4 Å². The fraction of sp³-hybridized carbons (Fsp3) is 0.261. The van der Waals surface area contributed by atoms with E-state index in [4.69, 9.17) is 0 Å². The molecular formula is C23H24F2N4O2. The second-order valence-electron chi connectivity index (χ2n) is 7.58. The summed E-state index contributed by atoms with van der Waals surface area (Å²) in [6.45, 7) is 5.90. The summed E-state index contributed by atoms with van der Waals surface area (Å²) >= 11 is 0. The molecular weight excluding hydrogens is 402 g/mol. The number of aromatic nitrogens is 2. The Balaban J connectivity index is 1.79. The lowest BCUT2D eigenvalue weighted by Crippen LogP contribution is -2.34. The van der Waals surface area contributed by atoms with Gasteiger partial charge in [0.25, 0.3) is 5.91 Å². The van der Waals surface area contributed by atoms with Gasteiger partial charge in [0.15, 0.2) is 0 Å². The topological polar surface area (TPSA) is 67.2 Å². The first-order chi connectivity index (χ1) is 14.7. The number of hydrogen-bond acceptors (Lipinski definition) is 3. The third kappa shape index (κ3) is 5.14. The van der Waals surface area contributed by atoms with E-state index in [1.54, 1.807) is 24.1 Å². The van der Waals surface area contributed by atoms with Crippen molar-refractivity contribution >= 4 is 17.5 Å². The molecule has 1 heterocycles. The van der Waals surface area contributed by atoms with E-state index in [2.05, 4.69) is 10.4 Å². The molecule has 0 saturated carbocycles. The Morgan fingerprint density at radius 1 is 1.13 bits per heavy atom. The predicted octanol–water partition coefficient (Wildman–Crippen LogP) is 4.37. The van der Waals surface area contributed by atoms with Crippen LogP contribution in [0.1, 0.15) is 36.7 Å². The Bertz CT molecular complexity index is 1110. The molecule has 162 valence electrons. The van der Waals surface area contributed by atoms with Crippen molar-refractivity contribution in [2.24, 2.45) is 7.05 Å². The van der Waals surface area contributed by atoms with Crippen LogP contribution in [0.15, 0.2) is 48.7 Å². The number of amides is 2. The highest BCUT2D eigenvalue weighted by atomic mass is 19.1. The van der Waals surface area contributed by atoms with Gasteiger partial charge in [-0.15, -0.1) is 0 Å². The number of nitrogens with one attached hydrogen (secondary N) is 1. The van der Waals surface area contributed by atoms with Crippen LogP contribution in [-0.4, -0.2) is 32.5 Å². The van der Waals surface area contributed by atoms with Crippen LogP contribution < -0.4 is 5.32 Å². The molecule has 8 heteroatoms. The predicted molar refractivity (Wildman–Crippen MR) is 114 cm³/mol. The summed E-state index contributed by atoms with van der Waals surface area (Å²) in [6, 6.07) is 10.3. The molecule has 6 nitrogen and oxygen atoms in total. The second kappa shape index (κ2) is 9.07. The number of carbonyl (C=O) groups is 2. The molecule has 2 aromatic carbocycles. The van der Waals surface area contributed by atoms with Gasteiger partial charge in [-0.1, -0.05) is 12.1 Å². The van der Waals surface area contributed by atoms with Crippen molar-refractivity contribution < 1.29 is 18.4 Å². The van der Waals surface area contributed by atoms with Gasteiger partial charge in [-0.2, -0.15) is 5.10 Å².